The van der Waals surface area contributed by atoms with Crippen molar-refractivity contribution in [2.45, 2.75) is 6.04 Å². The molecule has 1 N–H and O–H groups in total. The molecule has 2 aromatic carbocycles. The lowest BCUT2D eigenvalue weighted by atomic mass is 9.94. The Kier molecular flexibility index (Phi) is 3.62. The van der Waals surface area contributed by atoms with Crippen LogP contribution in [0.4, 0.5) is 8.78 Å². The molecule has 0 bridgehead atoms. The average Bonchev–Trinajstić information content (AvgIpc) is 2.50. The largest absolute Gasteiger partial charge is 0.309 e. The minimum absolute atomic E-state index is 0.350. The van der Waals surface area contributed by atoms with Crippen LogP contribution in [0.3, 0.4) is 0 Å². The summed E-state index contributed by atoms with van der Waals surface area (Å²) >= 11 is 0. The molecular weight excluding hydrogens is 270 g/mol. The van der Waals surface area contributed by atoms with Gasteiger partial charge in [0.2, 0.25) is 0 Å². The minimum atomic E-state index is -0.576. The average molecular weight is 284 g/mol. The lowest BCUT2D eigenvalue weighted by Crippen LogP contribution is -2.19. The molecule has 0 radical (unpaired) electrons. The van der Waals surface area contributed by atoms with E-state index in [4.69, 9.17) is 0 Å². The zero-order chi connectivity index (χ0) is 14.8. The van der Waals surface area contributed by atoms with Gasteiger partial charge in [0.15, 0.2) is 0 Å². The fourth-order valence-corrected chi connectivity index (χ4v) is 2.61. The highest BCUT2D eigenvalue weighted by molar-refractivity contribution is 5.85. The summed E-state index contributed by atoms with van der Waals surface area (Å²) in [5, 5.41) is 5.08. The summed E-state index contributed by atoms with van der Waals surface area (Å²) in [6.07, 6.45) is 3.48. The fraction of sp³-hybridized carbons (Fsp3) is 0.118. The first-order chi connectivity index (χ1) is 10.2. The number of pyridine rings is 1. The molecule has 2 nitrogen and oxygen atoms in total. The number of rotatable bonds is 3. The maximum absolute atomic E-state index is 14.1. The van der Waals surface area contributed by atoms with Gasteiger partial charge in [0.25, 0.3) is 0 Å². The van der Waals surface area contributed by atoms with Crippen LogP contribution in [0.15, 0.2) is 54.9 Å². The Bertz CT molecular complexity index is 781. The van der Waals surface area contributed by atoms with Crippen LogP contribution in [0.1, 0.15) is 17.2 Å². The zero-order valence-electron chi connectivity index (χ0n) is 11.5. The van der Waals surface area contributed by atoms with E-state index in [0.29, 0.717) is 5.56 Å². The van der Waals surface area contributed by atoms with Gasteiger partial charge in [-0.2, -0.15) is 0 Å². The van der Waals surface area contributed by atoms with Gasteiger partial charge < -0.3 is 5.32 Å². The van der Waals surface area contributed by atoms with Gasteiger partial charge in [-0.3, -0.25) is 4.98 Å². The van der Waals surface area contributed by atoms with Gasteiger partial charge in [-0.1, -0.05) is 24.3 Å². The fourth-order valence-electron chi connectivity index (χ4n) is 2.61. The second kappa shape index (κ2) is 5.58. The lowest BCUT2D eigenvalue weighted by Gasteiger charge is -2.19. The molecule has 0 saturated carbocycles. The van der Waals surface area contributed by atoms with Crippen molar-refractivity contribution >= 4 is 10.8 Å². The summed E-state index contributed by atoms with van der Waals surface area (Å²) in [5.41, 5.74) is 1.35. The van der Waals surface area contributed by atoms with Crippen LogP contribution in [-0.2, 0) is 0 Å². The van der Waals surface area contributed by atoms with Gasteiger partial charge >= 0.3 is 0 Å². The maximum atomic E-state index is 14.1. The van der Waals surface area contributed by atoms with Crippen LogP contribution in [0.2, 0.25) is 0 Å². The number of benzene rings is 2. The third kappa shape index (κ3) is 2.50. The molecule has 21 heavy (non-hydrogen) atoms. The monoisotopic (exact) mass is 284 g/mol. The molecule has 1 unspecified atom stereocenters. The summed E-state index contributed by atoms with van der Waals surface area (Å²) in [6, 6.07) is 11.0. The Morgan fingerprint density at radius 1 is 1.05 bits per heavy atom. The molecule has 0 fully saturated rings. The van der Waals surface area contributed by atoms with Crippen LogP contribution in [0.5, 0.6) is 0 Å². The van der Waals surface area contributed by atoms with E-state index < -0.39 is 11.6 Å². The molecule has 4 heteroatoms. The summed E-state index contributed by atoms with van der Waals surface area (Å²) in [7, 11) is 1.76. The van der Waals surface area contributed by atoms with Crippen LogP contribution in [-0.4, -0.2) is 12.0 Å². The number of halogens is 2. The molecule has 0 aliphatic rings. The molecule has 0 aliphatic heterocycles. The third-order valence-corrected chi connectivity index (χ3v) is 3.59. The lowest BCUT2D eigenvalue weighted by molar-refractivity contribution is 0.552. The SMILES string of the molecule is CNC(c1ccc(F)cc1F)c1cccc2cnccc12. The summed E-state index contributed by atoms with van der Waals surface area (Å²) in [5.74, 6) is -1.13. The van der Waals surface area contributed by atoms with E-state index in [1.807, 2.05) is 24.3 Å². The number of hydrogen-bond acceptors (Lipinski definition) is 2. The van der Waals surface area contributed by atoms with E-state index in [1.165, 1.54) is 12.1 Å². The third-order valence-electron chi connectivity index (χ3n) is 3.59. The second-order valence-corrected chi connectivity index (χ2v) is 4.83. The van der Waals surface area contributed by atoms with Crippen molar-refractivity contribution in [1.29, 1.82) is 0 Å². The molecular formula is C17H14F2N2. The van der Waals surface area contributed by atoms with Gasteiger partial charge in [-0.15, -0.1) is 0 Å². The second-order valence-electron chi connectivity index (χ2n) is 4.83. The molecule has 0 amide bonds. The topological polar surface area (TPSA) is 24.9 Å². The Morgan fingerprint density at radius 2 is 1.90 bits per heavy atom. The molecule has 106 valence electrons. The molecule has 3 aromatic rings. The van der Waals surface area contributed by atoms with Crippen molar-refractivity contribution in [3.8, 4) is 0 Å². The number of aromatic nitrogens is 1. The van der Waals surface area contributed by atoms with Crippen molar-refractivity contribution < 1.29 is 8.78 Å². The number of nitrogens with zero attached hydrogens (tertiary/aromatic N) is 1. The van der Waals surface area contributed by atoms with Crippen molar-refractivity contribution in [3.63, 3.8) is 0 Å². The first-order valence-electron chi connectivity index (χ1n) is 6.65. The Hall–Kier alpha value is -2.33. The predicted octanol–water partition coefficient (Wildman–Crippen LogP) is 3.82. The Morgan fingerprint density at radius 3 is 2.67 bits per heavy atom. The van der Waals surface area contributed by atoms with E-state index >= 15 is 0 Å². The van der Waals surface area contributed by atoms with E-state index in [1.54, 1.807) is 19.4 Å². The van der Waals surface area contributed by atoms with Crippen LogP contribution >= 0.6 is 0 Å². The summed E-state index contributed by atoms with van der Waals surface area (Å²) in [6.45, 7) is 0. The normalized spacial score (nSPS) is 12.5. The van der Waals surface area contributed by atoms with E-state index in [2.05, 4.69) is 10.3 Å². The molecule has 0 spiro atoms. The summed E-state index contributed by atoms with van der Waals surface area (Å²) in [4.78, 5) is 4.10. The number of hydrogen-bond donors (Lipinski definition) is 1. The van der Waals surface area contributed by atoms with Crippen molar-refractivity contribution in [3.05, 3.63) is 77.6 Å². The van der Waals surface area contributed by atoms with Crippen molar-refractivity contribution in [1.82, 2.24) is 10.3 Å². The zero-order valence-corrected chi connectivity index (χ0v) is 11.5. The molecule has 1 aromatic heterocycles. The van der Waals surface area contributed by atoms with Gasteiger partial charge in [0, 0.05) is 29.4 Å². The van der Waals surface area contributed by atoms with Gasteiger partial charge in [-0.05, 0) is 30.1 Å². The van der Waals surface area contributed by atoms with Crippen molar-refractivity contribution in [2.24, 2.45) is 0 Å². The van der Waals surface area contributed by atoms with Crippen molar-refractivity contribution in [2.75, 3.05) is 7.05 Å². The molecule has 1 heterocycles. The first-order valence-corrected chi connectivity index (χ1v) is 6.65. The molecule has 1 atom stereocenters. The molecule has 0 aliphatic carbocycles. The first kappa shape index (κ1) is 13.6. The van der Waals surface area contributed by atoms with Crippen LogP contribution in [0.25, 0.3) is 10.8 Å². The Balaban J connectivity index is 2.18. The van der Waals surface area contributed by atoms with Gasteiger partial charge in [0.1, 0.15) is 11.6 Å². The standard InChI is InChI=1S/C17H14F2N2/c1-20-17(15-6-5-12(18)9-16(15)19)14-4-2-3-11-10-21-8-7-13(11)14/h2-10,17,20H,1H3. The van der Waals surface area contributed by atoms with Crippen LogP contribution < -0.4 is 5.32 Å². The van der Waals surface area contributed by atoms with E-state index in [9.17, 15) is 8.78 Å². The smallest absolute Gasteiger partial charge is 0.131 e. The molecule has 0 saturated heterocycles. The number of nitrogens with one attached hydrogen (secondary N) is 1. The quantitative estimate of drug-likeness (QED) is 0.791. The van der Waals surface area contributed by atoms with E-state index in [0.717, 1.165) is 22.4 Å². The minimum Gasteiger partial charge on any atom is -0.309 e. The highest BCUT2D eigenvalue weighted by Gasteiger charge is 2.18. The molecule has 3 rings (SSSR count). The van der Waals surface area contributed by atoms with Gasteiger partial charge in [-0.25, -0.2) is 8.78 Å². The van der Waals surface area contributed by atoms with E-state index in [-0.39, 0.29) is 6.04 Å². The Labute approximate surface area is 121 Å². The maximum Gasteiger partial charge on any atom is 0.131 e. The number of fused-ring (bicyclic) bond motifs is 1. The predicted molar refractivity (Wildman–Crippen MR) is 79.0 cm³/mol. The van der Waals surface area contributed by atoms with Crippen LogP contribution in [0, 0.1) is 11.6 Å². The highest BCUT2D eigenvalue weighted by Crippen LogP contribution is 2.30. The highest BCUT2D eigenvalue weighted by atomic mass is 19.1. The summed E-state index contributed by atoms with van der Waals surface area (Å²) < 4.78 is 27.2. The van der Waals surface area contributed by atoms with Gasteiger partial charge in [0.05, 0.1) is 6.04 Å².